The zero-order valence-electron chi connectivity index (χ0n) is 33.2. The van der Waals surface area contributed by atoms with Gasteiger partial charge in [-0.2, -0.15) is 0 Å². The van der Waals surface area contributed by atoms with Gasteiger partial charge in [0.25, 0.3) is 0 Å². The van der Waals surface area contributed by atoms with E-state index in [1.807, 2.05) is 0 Å². The van der Waals surface area contributed by atoms with Gasteiger partial charge in [0.15, 0.2) is 0 Å². The number of hydrogen-bond acceptors (Lipinski definition) is 2. The number of allylic oxidation sites excluding steroid dienone is 3. The lowest BCUT2D eigenvalue weighted by Gasteiger charge is -2.21. The Labute approximate surface area is 348 Å². The molecule has 0 spiro atoms. The summed E-state index contributed by atoms with van der Waals surface area (Å²) < 4.78 is 4.99. The largest absolute Gasteiger partial charge is 0.313 e. The maximum atomic E-state index is 5.51. The monoisotopic (exact) mass is 768 g/mol. The third-order valence-corrected chi connectivity index (χ3v) is 13.3. The fraction of sp³-hybridized carbons (Fsp3) is 0.107. The van der Waals surface area contributed by atoms with Gasteiger partial charge < -0.3 is 9.13 Å². The van der Waals surface area contributed by atoms with Gasteiger partial charge in [0.1, 0.15) is 0 Å². The van der Waals surface area contributed by atoms with Crippen LogP contribution in [0.15, 0.2) is 152 Å². The smallest absolute Gasteiger partial charge is 0.0722 e. The molecule has 0 atom stereocenters. The Hall–Kier alpha value is -7.30. The van der Waals surface area contributed by atoms with E-state index in [0.717, 1.165) is 72.1 Å². The van der Waals surface area contributed by atoms with Crippen molar-refractivity contribution in [3.8, 4) is 33.9 Å². The van der Waals surface area contributed by atoms with Gasteiger partial charge in [-0.15, -0.1) is 0 Å². The summed E-state index contributed by atoms with van der Waals surface area (Å²) in [6, 6.07) is 49.5. The number of aromatic nitrogens is 4. The van der Waals surface area contributed by atoms with Crippen LogP contribution in [0.5, 0.6) is 0 Å². The number of pyridine rings is 2. The third-order valence-electron chi connectivity index (χ3n) is 13.3. The van der Waals surface area contributed by atoms with Gasteiger partial charge in [-0.1, -0.05) is 109 Å². The highest BCUT2D eigenvalue weighted by Gasteiger charge is 2.25. The first kappa shape index (κ1) is 33.6. The van der Waals surface area contributed by atoms with Gasteiger partial charge in [-0.3, -0.25) is 4.98 Å². The van der Waals surface area contributed by atoms with Crippen LogP contribution >= 0.6 is 0 Å². The van der Waals surface area contributed by atoms with Crippen molar-refractivity contribution < 1.29 is 0 Å². The zero-order valence-corrected chi connectivity index (χ0v) is 33.2. The van der Waals surface area contributed by atoms with Crippen molar-refractivity contribution in [2.75, 3.05) is 0 Å². The predicted octanol–water partition coefficient (Wildman–Crippen LogP) is 14.0. The van der Waals surface area contributed by atoms with Crippen molar-refractivity contribution in [1.29, 1.82) is 0 Å². The summed E-state index contributed by atoms with van der Waals surface area (Å²) in [5.41, 5.74) is 17.9. The van der Waals surface area contributed by atoms with Gasteiger partial charge in [0.05, 0.1) is 27.9 Å². The van der Waals surface area contributed by atoms with E-state index in [0.29, 0.717) is 0 Å². The molecule has 0 aliphatic heterocycles. The standard InChI is InChI=1S/C56H40N4/c1-7-19-47-35(13-1)25-31-49(57-47)55-43-29-27-38(60-53-23-11-5-17-41(53)42-18-6-12-24-54(42)60)34-46(43)56(50-32-26-36-14-2-8-20-48(36)58-50)44-30-28-37(33-45(44)55)59-51-21-9-3-15-39(51)40-16-4-10-22-52(40)59/h1-5,8-9,11-17,20-21,23-34H,6-7,10,18-19,22H2. The first-order valence-corrected chi connectivity index (χ1v) is 21.4. The zero-order chi connectivity index (χ0) is 39.3. The van der Waals surface area contributed by atoms with E-state index < -0.39 is 0 Å². The summed E-state index contributed by atoms with van der Waals surface area (Å²) in [6.07, 6.45) is 19.9. The van der Waals surface area contributed by atoms with Crippen LogP contribution in [0.2, 0.25) is 0 Å². The Morgan fingerprint density at radius 2 is 1.10 bits per heavy atom. The number of nitrogens with zero attached hydrogens (tertiary/aromatic N) is 4. The normalized spacial score (nSPS) is 14.4. The topological polar surface area (TPSA) is 35.6 Å². The highest BCUT2D eigenvalue weighted by atomic mass is 15.0. The molecule has 10 aromatic rings. The number of benzene rings is 6. The minimum absolute atomic E-state index is 0.943. The minimum Gasteiger partial charge on any atom is -0.313 e. The summed E-state index contributed by atoms with van der Waals surface area (Å²) in [5, 5.41) is 8.47. The molecule has 0 fully saturated rings. The van der Waals surface area contributed by atoms with E-state index in [-0.39, 0.29) is 0 Å². The molecular formula is C56H40N4. The predicted molar refractivity (Wildman–Crippen MR) is 251 cm³/mol. The molecule has 4 aromatic heterocycles. The molecule has 6 aromatic carbocycles. The lowest BCUT2D eigenvalue weighted by Crippen LogP contribution is -2.04. The average molecular weight is 769 g/mol. The molecule has 3 aliphatic carbocycles. The Kier molecular flexibility index (Phi) is 7.35. The summed E-state index contributed by atoms with van der Waals surface area (Å²) in [7, 11) is 0. The maximum Gasteiger partial charge on any atom is 0.0722 e. The van der Waals surface area contributed by atoms with Crippen LogP contribution in [-0.2, 0) is 19.3 Å². The molecule has 4 heterocycles. The summed E-state index contributed by atoms with van der Waals surface area (Å²) in [4.78, 5) is 10.9. The number of fused-ring (bicyclic) bond motifs is 10. The first-order chi connectivity index (χ1) is 29.8. The Balaban J connectivity index is 1.17. The highest BCUT2D eigenvalue weighted by Crippen LogP contribution is 2.46. The van der Waals surface area contributed by atoms with Crippen molar-refractivity contribution in [2.45, 2.75) is 38.5 Å². The molecule has 0 saturated carbocycles. The van der Waals surface area contributed by atoms with Crippen LogP contribution in [0, 0.1) is 0 Å². The molecule has 0 saturated heterocycles. The SMILES string of the molecule is C1=Cc2ccc(-c3c4cc(-n5c6c(c7ccccc75)C=CCC6)ccc4c(-c4ccc5ccccc5n4)c4cc(-n5c6c(c7ccccc75)CCC=C6)ccc34)nc2CC1. The van der Waals surface area contributed by atoms with Crippen LogP contribution < -0.4 is 0 Å². The second kappa shape index (κ2) is 13.1. The van der Waals surface area contributed by atoms with Crippen LogP contribution in [0.25, 0.3) is 106 Å². The molecule has 4 heteroatoms. The summed E-state index contributed by atoms with van der Waals surface area (Å²) in [5.74, 6) is 0. The van der Waals surface area contributed by atoms with Crippen molar-refractivity contribution in [2.24, 2.45) is 0 Å². The van der Waals surface area contributed by atoms with Crippen molar-refractivity contribution in [3.63, 3.8) is 0 Å². The number of para-hydroxylation sites is 3. The van der Waals surface area contributed by atoms with Crippen LogP contribution in [0.4, 0.5) is 0 Å². The summed E-state index contributed by atoms with van der Waals surface area (Å²) in [6.45, 7) is 0. The maximum absolute atomic E-state index is 5.51. The van der Waals surface area contributed by atoms with Gasteiger partial charge in [0.2, 0.25) is 0 Å². The minimum atomic E-state index is 0.943. The number of hydrogen-bond donors (Lipinski definition) is 0. The molecule has 3 aliphatic rings. The van der Waals surface area contributed by atoms with Crippen LogP contribution in [0.1, 0.15) is 53.0 Å². The van der Waals surface area contributed by atoms with E-state index in [4.69, 9.17) is 9.97 Å². The average Bonchev–Trinajstić information content (AvgIpc) is 3.83. The van der Waals surface area contributed by atoms with E-state index in [2.05, 4.69) is 179 Å². The third kappa shape index (κ3) is 4.97. The number of aryl methyl sites for hydroxylation is 2. The van der Waals surface area contributed by atoms with Crippen LogP contribution in [-0.4, -0.2) is 19.1 Å². The van der Waals surface area contributed by atoms with Crippen molar-refractivity contribution in [1.82, 2.24) is 19.1 Å². The lowest BCUT2D eigenvalue weighted by atomic mass is 9.87. The molecule has 0 amide bonds. The fourth-order valence-electron chi connectivity index (χ4n) is 10.6. The first-order valence-electron chi connectivity index (χ1n) is 21.4. The van der Waals surface area contributed by atoms with Crippen LogP contribution in [0.3, 0.4) is 0 Å². The molecule has 0 unspecified atom stereocenters. The van der Waals surface area contributed by atoms with E-state index >= 15 is 0 Å². The van der Waals surface area contributed by atoms with Crippen molar-refractivity contribution >= 4 is 72.5 Å². The van der Waals surface area contributed by atoms with Crippen molar-refractivity contribution in [3.05, 3.63) is 185 Å². The Bertz CT molecular complexity index is 3550. The van der Waals surface area contributed by atoms with Gasteiger partial charge >= 0.3 is 0 Å². The molecule has 0 N–H and O–H groups in total. The van der Waals surface area contributed by atoms with Gasteiger partial charge in [0, 0.05) is 61.3 Å². The van der Waals surface area contributed by atoms with E-state index in [1.165, 1.54) is 88.4 Å². The Morgan fingerprint density at radius 1 is 0.450 bits per heavy atom. The van der Waals surface area contributed by atoms with Gasteiger partial charge in [-0.25, -0.2) is 4.98 Å². The fourth-order valence-corrected chi connectivity index (χ4v) is 10.6. The molecule has 13 rings (SSSR count). The van der Waals surface area contributed by atoms with E-state index in [9.17, 15) is 0 Å². The second-order valence-electron chi connectivity index (χ2n) is 16.6. The molecule has 4 nitrogen and oxygen atoms in total. The second-order valence-corrected chi connectivity index (χ2v) is 16.6. The molecule has 0 radical (unpaired) electrons. The molecular weight excluding hydrogens is 729 g/mol. The van der Waals surface area contributed by atoms with Gasteiger partial charge in [-0.05, 0) is 132 Å². The molecule has 0 bridgehead atoms. The highest BCUT2D eigenvalue weighted by molar-refractivity contribution is 6.22. The summed E-state index contributed by atoms with van der Waals surface area (Å²) >= 11 is 0. The van der Waals surface area contributed by atoms with E-state index in [1.54, 1.807) is 0 Å². The molecule has 60 heavy (non-hydrogen) atoms. The molecule has 284 valence electrons. The quantitative estimate of drug-likeness (QED) is 0.167. The lowest BCUT2D eigenvalue weighted by molar-refractivity contribution is 0.889. The Morgan fingerprint density at radius 3 is 1.95 bits per heavy atom. The number of rotatable bonds is 4.